The number of alkyl halides is 1. The van der Waals surface area contributed by atoms with Gasteiger partial charge in [-0.1, -0.05) is 24.6 Å². The summed E-state index contributed by atoms with van der Waals surface area (Å²) in [5.41, 5.74) is 0.276. The molecule has 0 aliphatic carbocycles. The highest BCUT2D eigenvalue weighted by atomic mass is 35.5. The Balaban J connectivity index is 2.97. The molecule has 1 rings (SSSR count). The number of hydrogen-bond acceptors (Lipinski definition) is 0. The van der Waals surface area contributed by atoms with Gasteiger partial charge in [-0.3, -0.25) is 0 Å². The van der Waals surface area contributed by atoms with Crippen LogP contribution in [0.1, 0.15) is 12.5 Å². The predicted octanol–water partition coefficient (Wildman–Crippen LogP) is 4.45. The Bertz CT molecular complexity index is 363. The second-order valence-corrected chi connectivity index (χ2v) is 4.61. The van der Waals surface area contributed by atoms with Gasteiger partial charge >= 0.3 is 0 Å². The third-order valence-electron chi connectivity index (χ3n) is 2.40. The summed E-state index contributed by atoms with van der Waals surface area (Å²) >= 11 is 11.6. The minimum atomic E-state index is -0.299. The fraction of sp³-hybridized carbons (Fsp3) is 0.333. The second-order valence-electron chi connectivity index (χ2n) is 3.90. The van der Waals surface area contributed by atoms with E-state index in [2.05, 4.69) is 6.58 Å². The van der Waals surface area contributed by atoms with Crippen LogP contribution in [0.15, 0.2) is 30.9 Å². The lowest BCUT2D eigenvalue weighted by Gasteiger charge is -2.22. The van der Waals surface area contributed by atoms with Crippen molar-refractivity contribution in [2.24, 2.45) is 5.41 Å². The summed E-state index contributed by atoms with van der Waals surface area (Å²) in [7, 11) is 0. The number of allylic oxidation sites excluding steroid dienone is 1. The van der Waals surface area contributed by atoms with Crippen molar-refractivity contribution in [2.75, 3.05) is 5.88 Å². The molecule has 0 aromatic heterocycles. The first-order chi connectivity index (χ1) is 7.00. The fourth-order valence-electron chi connectivity index (χ4n) is 1.29. The Morgan fingerprint density at radius 2 is 2.20 bits per heavy atom. The second kappa shape index (κ2) is 5.00. The maximum Gasteiger partial charge on any atom is 0.126 e. The molecule has 0 aliphatic heterocycles. The quantitative estimate of drug-likeness (QED) is 0.544. The Hall–Kier alpha value is -0.530. The van der Waals surface area contributed by atoms with Crippen LogP contribution in [0.3, 0.4) is 0 Å². The van der Waals surface area contributed by atoms with Gasteiger partial charge in [-0.2, -0.15) is 0 Å². The predicted molar refractivity (Wildman–Crippen MR) is 64.1 cm³/mol. The molecule has 0 nitrogen and oxygen atoms in total. The lowest BCUT2D eigenvalue weighted by atomic mass is 9.85. The smallest absolute Gasteiger partial charge is 0.126 e. The molecule has 1 unspecified atom stereocenters. The Morgan fingerprint density at radius 3 is 2.73 bits per heavy atom. The molecule has 1 atom stereocenters. The summed E-state index contributed by atoms with van der Waals surface area (Å²) < 4.78 is 13.4. The Labute approximate surface area is 99.7 Å². The largest absolute Gasteiger partial charge is 0.207 e. The van der Waals surface area contributed by atoms with Gasteiger partial charge in [0.1, 0.15) is 5.82 Å². The molecule has 0 spiro atoms. The first-order valence-corrected chi connectivity index (χ1v) is 5.55. The van der Waals surface area contributed by atoms with E-state index in [-0.39, 0.29) is 11.2 Å². The van der Waals surface area contributed by atoms with Gasteiger partial charge in [-0.25, -0.2) is 4.39 Å². The monoisotopic (exact) mass is 246 g/mol. The molecule has 0 amide bonds. The molecule has 3 heteroatoms. The van der Waals surface area contributed by atoms with Crippen molar-refractivity contribution in [3.05, 3.63) is 47.3 Å². The molecular weight excluding hydrogens is 234 g/mol. The highest BCUT2D eigenvalue weighted by Gasteiger charge is 2.21. The van der Waals surface area contributed by atoms with Gasteiger partial charge < -0.3 is 0 Å². The topological polar surface area (TPSA) is 0 Å². The minimum absolute atomic E-state index is 0.252. The molecule has 82 valence electrons. The normalized spacial score (nSPS) is 14.7. The van der Waals surface area contributed by atoms with Crippen LogP contribution in [-0.2, 0) is 6.42 Å². The van der Waals surface area contributed by atoms with E-state index < -0.39 is 0 Å². The Kier molecular flexibility index (Phi) is 4.18. The van der Waals surface area contributed by atoms with E-state index in [1.807, 2.05) is 6.92 Å². The maximum atomic E-state index is 13.4. The van der Waals surface area contributed by atoms with E-state index >= 15 is 0 Å². The molecule has 0 aliphatic rings. The van der Waals surface area contributed by atoms with Gasteiger partial charge in [0.15, 0.2) is 0 Å². The van der Waals surface area contributed by atoms with Crippen LogP contribution in [0, 0.1) is 11.2 Å². The third kappa shape index (κ3) is 3.22. The number of benzene rings is 1. The molecule has 0 heterocycles. The SMILES string of the molecule is C=CC(C)(CCl)Cc1cc(Cl)ccc1F. The summed E-state index contributed by atoms with van der Waals surface area (Å²) in [6, 6.07) is 4.53. The van der Waals surface area contributed by atoms with Crippen molar-refractivity contribution in [1.29, 1.82) is 0 Å². The van der Waals surface area contributed by atoms with Crippen LogP contribution >= 0.6 is 23.2 Å². The van der Waals surface area contributed by atoms with Gasteiger partial charge in [-0.05, 0) is 30.2 Å². The Morgan fingerprint density at radius 1 is 1.53 bits per heavy atom. The van der Waals surface area contributed by atoms with Crippen molar-refractivity contribution < 1.29 is 4.39 Å². The van der Waals surface area contributed by atoms with E-state index in [9.17, 15) is 4.39 Å². The summed E-state index contributed by atoms with van der Waals surface area (Å²) in [4.78, 5) is 0. The third-order valence-corrected chi connectivity index (χ3v) is 3.25. The van der Waals surface area contributed by atoms with Crippen LogP contribution in [-0.4, -0.2) is 5.88 Å². The molecule has 0 radical (unpaired) electrons. The number of rotatable bonds is 4. The molecule has 15 heavy (non-hydrogen) atoms. The van der Waals surface area contributed by atoms with Crippen LogP contribution in [0.25, 0.3) is 0 Å². The zero-order chi connectivity index (χ0) is 11.5. The fourth-order valence-corrected chi connectivity index (χ4v) is 1.69. The van der Waals surface area contributed by atoms with Crippen LogP contribution in [0.4, 0.5) is 4.39 Å². The highest BCUT2D eigenvalue weighted by Crippen LogP contribution is 2.28. The van der Waals surface area contributed by atoms with Gasteiger partial charge in [0.25, 0.3) is 0 Å². The molecule has 0 saturated heterocycles. The highest BCUT2D eigenvalue weighted by molar-refractivity contribution is 6.30. The van der Waals surface area contributed by atoms with E-state index in [0.29, 0.717) is 22.9 Å². The molecule has 0 bridgehead atoms. The summed E-state index contributed by atoms with van der Waals surface area (Å²) in [6.07, 6.45) is 2.26. The molecule has 1 aromatic rings. The molecule has 1 aromatic carbocycles. The summed E-state index contributed by atoms with van der Waals surface area (Å²) in [5.74, 6) is 0.153. The maximum absolute atomic E-state index is 13.4. The summed E-state index contributed by atoms with van der Waals surface area (Å²) in [5, 5.41) is 0.535. The average Bonchev–Trinajstić information content (AvgIpc) is 2.23. The number of halogens is 3. The van der Waals surface area contributed by atoms with Gasteiger partial charge in [0, 0.05) is 16.3 Å². The van der Waals surface area contributed by atoms with Crippen molar-refractivity contribution in [3.8, 4) is 0 Å². The lowest BCUT2D eigenvalue weighted by Crippen LogP contribution is -2.19. The molecular formula is C12H13Cl2F. The van der Waals surface area contributed by atoms with E-state index in [0.717, 1.165) is 0 Å². The van der Waals surface area contributed by atoms with Crippen molar-refractivity contribution in [3.63, 3.8) is 0 Å². The minimum Gasteiger partial charge on any atom is -0.207 e. The zero-order valence-electron chi connectivity index (χ0n) is 8.56. The van der Waals surface area contributed by atoms with Crippen molar-refractivity contribution in [2.45, 2.75) is 13.3 Å². The van der Waals surface area contributed by atoms with Gasteiger partial charge in [0.2, 0.25) is 0 Å². The van der Waals surface area contributed by atoms with Crippen molar-refractivity contribution >= 4 is 23.2 Å². The van der Waals surface area contributed by atoms with E-state index in [1.165, 1.54) is 12.1 Å². The van der Waals surface area contributed by atoms with E-state index in [4.69, 9.17) is 23.2 Å². The van der Waals surface area contributed by atoms with Crippen molar-refractivity contribution in [1.82, 2.24) is 0 Å². The van der Waals surface area contributed by atoms with Crippen LogP contribution < -0.4 is 0 Å². The summed E-state index contributed by atoms with van der Waals surface area (Å²) in [6.45, 7) is 5.65. The molecule has 0 saturated carbocycles. The van der Waals surface area contributed by atoms with Gasteiger partial charge in [-0.15, -0.1) is 18.2 Å². The number of hydrogen-bond donors (Lipinski definition) is 0. The van der Waals surface area contributed by atoms with Crippen LogP contribution in [0.5, 0.6) is 0 Å². The van der Waals surface area contributed by atoms with Crippen LogP contribution in [0.2, 0.25) is 5.02 Å². The zero-order valence-corrected chi connectivity index (χ0v) is 10.1. The first-order valence-electron chi connectivity index (χ1n) is 4.64. The first kappa shape index (κ1) is 12.5. The van der Waals surface area contributed by atoms with E-state index in [1.54, 1.807) is 12.1 Å². The molecule has 0 fully saturated rings. The lowest BCUT2D eigenvalue weighted by molar-refractivity contribution is 0.470. The average molecular weight is 247 g/mol. The molecule has 0 N–H and O–H groups in total. The van der Waals surface area contributed by atoms with Gasteiger partial charge in [0.05, 0.1) is 0 Å². The standard InChI is InChI=1S/C12H13Cl2F/c1-3-12(2,8-13)7-9-6-10(14)4-5-11(9)15/h3-6H,1,7-8H2,2H3.